The average molecular weight is 341 g/mol. The summed E-state index contributed by atoms with van der Waals surface area (Å²) in [6, 6.07) is 5.21. The molecule has 136 valence electrons. The Morgan fingerprint density at radius 1 is 1.28 bits per heavy atom. The molecule has 5 rings (SSSR count). The molecule has 2 aliphatic heterocycles. The Hall–Kier alpha value is -1.06. The van der Waals surface area contributed by atoms with Gasteiger partial charge in [0, 0.05) is 24.6 Å². The van der Waals surface area contributed by atoms with Gasteiger partial charge in [-0.2, -0.15) is 0 Å². The number of hydrogen-bond acceptors (Lipinski definition) is 3. The van der Waals surface area contributed by atoms with Crippen molar-refractivity contribution in [3.8, 4) is 5.75 Å². The number of benzene rings is 1. The van der Waals surface area contributed by atoms with E-state index in [1.807, 2.05) is 0 Å². The molecular formula is C22H31NO2. The van der Waals surface area contributed by atoms with E-state index in [2.05, 4.69) is 24.0 Å². The lowest BCUT2D eigenvalue weighted by molar-refractivity contribution is -0.128. The van der Waals surface area contributed by atoms with E-state index in [9.17, 15) is 0 Å². The Bertz CT molecular complexity index is 668. The van der Waals surface area contributed by atoms with Crippen LogP contribution in [-0.4, -0.2) is 43.9 Å². The first-order valence-electron chi connectivity index (χ1n) is 10.3. The smallest absolute Gasteiger partial charge is 0.119 e. The van der Waals surface area contributed by atoms with Crippen molar-refractivity contribution in [2.24, 2.45) is 5.92 Å². The summed E-state index contributed by atoms with van der Waals surface area (Å²) in [6.07, 6.45) is 9.26. The molecule has 2 saturated heterocycles. The van der Waals surface area contributed by atoms with Gasteiger partial charge in [0.25, 0.3) is 0 Å². The fraction of sp³-hybridized carbons (Fsp3) is 0.727. The van der Waals surface area contributed by atoms with E-state index in [0.29, 0.717) is 12.1 Å². The number of methoxy groups -OCH3 is 1. The van der Waals surface area contributed by atoms with Crippen LogP contribution in [0.15, 0.2) is 12.1 Å². The van der Waals surface area contributed by atoms with Crippen molar-refractivity contribution in [3.05, 3.63) is 28.8 Å². The van der Waals surface area contributed by atoms with Gasteiger partial charge in [0.1, 0.15) is 5.75 Å². The number of rotatable bonds is 4. The number of nitrogens with zero attached hydrogens (tertiary/aromatic N) is 1. The maximum atomic E-state index is 6.49. The summed E-state index contributed by atoms with van der Waals surface area (Å²) >= 11 is 0. The molecule has 3 fully saturated rings. The summed E-state index contributed by atoms with van der Waals surface area (Å²) in [5.41, 5.74) is 4.91. The molecule has 25 heavy (non-hydrogen) atoms. The summed E-state index contributed by atoms with van der Waals surface area (Å²) in [4.78, 5) is 2.79. The molecular weight excluding hydrogens is 310 g/mol. The van der Waals surface area contributed by atoms with Gasteiger partial charge in [0.15, 0.2) is 0 Å². The molecule has 2 aliphatic carbocycles. The van der Waals surface area contributed by atoms with Gasteiger partial charge in [0.2, 0.25) is 0 Å². The number of ether oxygens (including phenoxy) is 2. The highest BCUT2D eigenvalue weighted by molar-refractivity contribution is 5.50. The molecule has 0 aromatic heterocycles. The molecule has 1 aromatic rings. The summed E-state index contributed by atoms with van der Waals surface area (Å²) in [5.74, 6) is 1.99. The maximum absolute atomic E-state index is 6.49. The van der Waals surface area contributed by atoms with Crippen LogP contribution in [0.1, 0.15) is 55.7 Å². The zero-order valence-electron chi connectivity index (χ0n) is 15.7. The Labute approximate surface area is 151 Å². The van der Waals surface area contributed by atoms with Gasteiger partial charge in [-0.05, 0) is 86.2 Å². The van der Waals surface area contributed by atoms with Crippen molar-refractivity contribution < 1.29 is 9.47 Å². The minimum absolute atomic E-state index is 0.231. The molecule has 3 heteroatoms. The minimum atomic E-state index is 0.231. The van der Waals surface area contributed by atoms with Gasteiger partial charge in [-0.3, -0.25) is 4.90 Å². The summed E-state index contributed by atoms with van der Waals surface area (Å²) < 4.78 is 12.2. The molecule has 0 amide bonds. The highest BCUT2D eigenvalue weighted by Gasteiger charge is 2.55. The topological polar surface area (TPSA) is 21.7 Å². The van der Waals surface area contributed by atoms with Gasteiger partial charge >= 0.3 is 0 Å². The molecule has 3 atom stereocenters. The Kier molecular flexibility index (Phi) is 3.87. The van der Waals surface area contributed by atoms with Crippen LogP contribution in [0.5, 0.6) is 5.75 Å². The number of aryl methyl sites for hydroxylation is 1. The lowest BCUT2D eigenvalue weighted by atomic mass is 9.58. The summed E-state index contributed by atoms with van der Waals surface area (Å²) in [5, 5.41) is 0. The molecule has 1 saturated carbocycles. The Morgan fingerprint density at radius 3 is 2.92 bits per heavy atom. The standard InChI is InChI=1S/C22H31NO2/c1-3-16-11-17(24-2)12-19-18(16)13-20-21-22(19,7-4-10-25-21)8-9-23(20)14-15-5-6-15/h11-12,15,20-21H,3-10,13-14H2,1-2H3/t20-,21+,22+/m1/s1. The molecule has 0 N–H and O–H groups in total. The van der Waals surface area contributed by atoms with Crippen LogP contribution in [0.3, 0.4) is 0 Å². The monoisotopic (exact) mass is 341 g/mol. The van der Waals surface area contributed by atoms with Crippen molar-refractivity contribution >= 4 is 0 Å². The second-order valence-electron chi connectivity index (χ2n) is 8.68. The normalized spacial score (nSPS) is 34.3. The zero-order valence-corrected chi connectivity index (χ0v) is 15.7. The molecule has 4 aliphatic rings. The zero-order chi connectivity index (χ0) is 17.0. The van der Waals surface area contributed by atoms with E-state index >= 15 is 0 Å². The van der Waals surface area contributed by atoms with E-state index in [1.54, 1.807) is 18.2 Å². The molecule has 1 aromatic carbocycles. The molecule has 0 unspecified atom stereocenters. The fourth-order valence-corrected chi connectivity index (χ4v) is 5.89. The summed E-state index contributed by atoms with van der Waals surface area (Å²) in [7, 11) is 1.80. The molecule has 3 nitrogen and oxygen atoms in total. The number of fused-ring (bicyclic) bond motifs is 1. The maximum Gasteiger partial charge on any atom is 0.119 e. The Balaban J connectivity index is 1.62. The molecule has 0 spiro atoms. The average Bonchev–Trinajstić information content (AvgIpc) is 3.47. The molecule has 2 heterocycles. The second kappa shape index (κ2) is 5.99. The van der Waals surface area contributed by atoms with Gasteiger partial charge in [-0.15, -0.1) is 0 Å². The quantitative estimate of drug-likeness (QED) is 0.833. The third-order valence-corrected chi connectivity index (χ3v) is 7.34. The third-order valence-electron chi connectivity index (χ3n) is 7.34. The van der Waals surface area contributed by atoms with Gasteiger partial charge < -0.3 is 9.47 Å². The van der Waals surface area contributed by atoms with Gasteiger partial charge in [-0.1, -0.05) is 6.92 Å². The number of likely N-dealkylation sites (tertiary alicyclic amines) is 1. The highest BCUT2D eigenvalue weighted by atomic mass is 16.5. The molecule has 2 bridgehead atoms. The molecule has 0 radical (unpaired) electrons. The predicted octanol–water partition coefficient (Wildman–Crippen LogP) is 3.71. The van der Waals surface area contributed by atoms with Crippen molar-refractivity contribution in [3.63, 3.8) is 0 Å². The first kappa shape index (κ1) is 16.1. The van der Waals surface area contributed by atoms with Crippen LogP contribution in [-0.2, 0) is 23.0 Å². The van der Waals surface area contributed by atoms with Crippen LogP contribution in [0.4, 0.5) is 0 Å². The summed E-state index contributed by atoms with van der Waals surface area (Å²) in [6.45, 7) is 5.78. The van der Waals surface area contributed by atoms with Crippen molar-refractivity contribution in [2.75, 3.05) is 26.8 Å². The van der Waals surface area contributed by atoms with Crippen LogP contribution in [0.2, 0.25) is 0 Å². The van der Waals surface area contributed by atoms with E-state index in [1.165, 1.54) is 57.2 Å². The lowest BCUT2D eigenvalue weighted by Gasteiger charge is -2.58. The van der Waals surface area contributed by atoms with E-state index in [4.69, 9.17) is 9.47 Å². The predicted molar refractivity (Wildman–Crippen MR) is 99.4 cm³/mol. The SMILES string of the molecule is CCc1cc(OC)cc2c1C[C@@H]1[C@@H]3OCCC[C@]23CCN1CC1CC1. The number of piperidine rings is 1. The highest BCUT2D eigenvalue weighted by Crippen LogP contribution is 2.53. The van der Waals surface area contributed by atoms with Gasteiger partial charge in [0.05, 0.1) is 13.2 Å². The lowest BCUT2D eigenvalue weighted by Crippen LogP contribution is -2.65. The van der Waals surface area contributed by atoms with Crippen molar-refractivity contribution in [1.29, 1.82) is 0 Å². The van der Waals surface area contributed by atoms with E-state index in [0.717, 1.165) is 24.7 Å². The van der Waals surface area contributed by atoms with Crippen molar-refractivity contribution in [2.45, 2.75) is 69.4 Å². The van der Waals surface area contributed by atoms with E-state index in [-0.39, 0.29) is 5.41 Å². The van der Waals surface area contributed by atoms with Crippen LogP contribution in [0, 0.1) is 5.92 Å². The largest absolute Gasteiger partial charge is 0.497 e. The Morgan fingerprint density at radius 2 is 2.16 bits per heavy atom. The van der Waals surface area contributed by atoms with Crippen LogP contribution in [0.25, 0.3) is 0 Å². The van der Waals surface area contributed by atoms with Crippen LogP contribution >= 0.6 is 0 Å². The van der Waals surface area contributed by atoms with Crippen LogP contribution < -0.4 is 4.74 Å². The first-order chi connectivity index (χ1) is 12.2. The minimum Gasteiger partial charge on any atom is -0.497 e. The first-order valence-corrected chi connectivity index (χ1v) is 10.3. The fourth-order valence-electron chi connectivity index (χ4n) is 5.89. The van der Waals surface area contributed by atoms with Crippen molar-refractivity contribution in [1.82, 2.24) is 4.90 Å². The van der Waals surface area contributed by atoms with E-state index < -0.39 is 0 Å². The van der Waals surface area contributed by atoms with Gasteiger partial charge in [-0.25, -0.2) is 0 Å². The number of hydrogen-bond donors (Lipinski definition) is 0. The second-order valence-corrected chi connectivity index (χ2v) is 8.68. The third kappa shape index (κ3) is 2.46.